The van der Waals surface area contributed by atoms with Gasteiger partial charge in [-0.15, -0.1) is 0 Å². The highest BCUT2D eigenvalue weighted by atomic mass is 16.3. The number of carbonyl (C=O) groups is 1. The van der Waals surface area contributed by atoms with Crippen LogP contribution in [0.1, 0.15) is 46.5 Å². The predicted octanol–water partition coefficient (Wildman–Crippen LogP) is 1.79. The third-order valence-corrected chi connectivity index (χ3v) is 3.21. The van der Waals surface area contributed by atoms with Crippen molar-refractivity contribution in [3.8, 4) is 0 Å². The summed E-state index contributed by atoms with van der Waals surface area (Å²) in [6, 6.07) is 0.377. The van der Waals surface area contributed by atoms with Crippen molar-refractivity contribution in [1.29, 1.82) is 0 Å². The average Bonchev–Trinajstić information content (AvgIpc) is 2.18. The molecule has 1 aliphatic heterocycles. The number of carbonyl (C=O) groups excluding carboxylic acids is 1. The lowest BCUT2D eigenvalue weighted by Gasteiger charge is -2.37. The van der Waals surface area contributed by atoms with Crippen molar-refractivity contribution >= 4 is 5.91 Å². The normalized spacial score (nSPS) is 28.9. The molecule has 3 nitrogen and oxygen atoms in total. The van der Waals surface area contributed by atoms with E-state index in [9.17, 15) is 4.79 Å². The van der Waals surface area contributed by atoms with Crippen molar-refractivity contribution in [3.63, 3.8) is 0 Å². The first-order chi connectivity index (χ1) is 7.00. The summed E-state index contributed by atoms with van der Waals surface area (Å²) >= 11 is 0. The van der Waals surface area contributed by atoms with Crippen LogP contribution in [0.4, 0.5) is 0 Å². The van der Waals surface area contributed by atoms with E-state index >= 15 is 0 Å². The lowest BCUT2D eigenvalue weighted by molar-refractivity contribution is -0.136. The van der Waals surface area contributed by atoms with E-state index in [-0.39, 0.29) is 12.0 Å². The molecule has 0 saturated carbocycles. The first-order valence-electron chi connectivity index (χ1n) is 5.98. The van der Waals surface area contributed by atoms with Gasteiger partial charge in [-0.3, -0.25) is 4.79 Å². The van der Waals surface area contributed by atoms with Crippen LogP contribution in [-0.4, -0.2) is 34.6 Å². The van der Waals surface area contributed by atoms with Crippen LogP contribution < -0.4 is 0 Å². The number of piperidine rings is 1. The second-order valence-electron chi connectivity index (χ2n) is 4.97. The van der Waals surface area contributed by atoms with Gasteiger partial charge in [0.2, 0.25) is 5.91 Å². The van der Waals surface area contributed by atoms with E-state index in [0.717, 1.165) is 13.0 Å². The second-order valence-corrected chi connectivity index (χ2v) is 4.97. The molecule has 0 bridgehead atoms. The predicted molar refractivity (Wildman–Crippen MR) is 60.5 cm³/mol. The minimum absolute atomic E-state index is 0.204. The molecule has 1 N–H and O–H groups in total. The standard InChI is InChI=1S/C12H23NO2/c1-9-4-5-10(2)13(8-9)12(15)7-6-11(3)14/h9-11,14H,4-8H2,1-3H3. The van der Waals surface area contributed by atoms with Gasteiger partial charge in [-0.1, -0.05) is 6.92 Å². The molecule has 1 fully saturated rings. The van der Waals surface area contributed by atoms with Crippen LogP contribution in [0.5, 0.6) is 0 Å². The van der Waals surface area contributed by atoms with Crippen LogP contribution >= 0.6 is 0 Å². The zero-order valence-electron chi connectivity index (χ0n) is 10.1. The Morgan fingerprint density at radius 3 is 2.73 bits per heavy atom. The third-order valence-electron chi connectivity index (χ3n) is 3.21. The van der Waals surface area contributed by atoms with Crippen molar-refractivity contribution < 1.29 is 9.90 Å². The maximum absolute atomic E-state index is 11.9. The number of nitrogens with zero attached hydrogens (tertiary/aromatic N) is 1. The van der Waals surface area contributed by atoms with Gasteiger partial charge < -0.3 is 10.0 Å². The Balaban J connectivity index is 2.42. The van der Waals surface area contributed by atoms with Crippen molar-refractivity contribution in [2.45, 2.75) is 58.6 Å². The van der Waals surface area contributed by atoms with Crippen molar-refractivity contribution in [2.24, 2.45) is 5.92 Å². The van der Waals surface area contributed by atoms with E-state index in [1.54, 1.807) is 6.92 Å². The Morgan fingerprint density at radius 2 is 2.13 bits per heavy atom. The fourth-order valence-corrected chi connectivity index (χ4v) is 2.11. The summed E-state index contributed by atoms with van der Waals surface area (Å²) < 4.78 is 0. The quantitative estimate of drug-likeness (QED) is 0.776. The van der Waals surface area contributed by atoms with E-state index < -0.39 is 0 Å². The highest BCUT2D eigenvalue weighted by molar-refractivity contribution is 5.76. The zero-order valence-corrected chi connectivity index (χ0v) is 10.1. The van der Waals surface area contributed by atoms with Crippen molar-refractivity contribution in [1.82, 2.24) is 4.90 Å². The molecule has 1 saturated heterocycles. The molecule has 88 valence electrons. The Kier molecular flexibility index (Phi) is 4.58. The topological polar surface area (TPSA) is 40.5 Å². The van der Waals surface area contributed by atoms with Gasteiger partial charge in [0.05, 0.1) is 6.10 Å². The molecule has 1 heterocycles. The van der Waals surface area contributed by atoms with E-state index in [1.807, 2.05) is 4.90 Å². The van der Waals surface area contributed by atoms with Gasteiger partial charge in [-0.25, -0.2) is 0 Å². The summed E-state index contributed by atoms with van der Waals surface area (Å²) in [5.74, 6) is 0.826. The third kappa shape index (κ3) is 3.82. The number of aliphatic hydroxyl groups excluding tert-OH is 1. The summed E-state index contributed by atoms with van der Waals surface area (Å²) in [6.45, 7) is 6.93. The molecule has 1 rings (SSSR count). The SMILES string of the molecule is CC(O)CCC(=O)N1CC(C)CCC1C. The largest absolute Gasteiger partial charge is 0.393 e. The van der Waals surface area contributed by atoms with Gasteiger partial charge >= 0.3 is 0 Å². The molecule has 0 aromatic rings. The number of rotatable bonds is 3. The van der Waals surface area contributed by atoms with Gasteiger partial charge in [0, 0.05) is 19.0 Å². The number of amides is 1. The Labute approximate surface area is 92.5 Å². The van der Waals surface area contributed by atoms with E-state index in [2.05, 4.69) is 13.8 Å². The maximum atomic E-state index is 11.9. The average molecular weight is 213 g/mol. The molecule has 1 aliphatic rings. The van der Waals surface area contributed by atoms with Crippen LogP contribution in [0, 0.1) is 5.92 Å². The maximum Gasteiger partial charge on any atom is 0.222 e. The second kappa shape index (κ2) is 5.50. The molecule has 0 aromatic carbocycles. The fourth-order valence-electron chi connectivity index (χ4n) is 2.11. The molecule has 3 unspecified atom stereocenters. The highest BCUT2D eigenvalue weighted by Gasteiger charge is 2.26. The number of hydrogen-bond acceptors (Lipinski definition) is 2. The molecule has 0 spiro atoms. The van der Waals surface area contributed by atoms with Gasteiger partial charge in [-0.05, 0) is 39.0 Å². The van der Waals surface area contributed by atoms with Gasteiger partial charge in [-0.2, -0.15) is 0 Å². The van der Waals surface area contributed by atoms with E-state index in [0.29, 0.717) is 24.8 Å². The van der Waals surface area contributed by atoms with Crippen molar-refractivity contribution in [2.75, 3.05) is 6.54 Å². The van der Waals surface area contributed by atoms with E-state index in [1.165, 1.54) is 6.42 Å². The summed E-state index contributed by atoms with van der Waals surface area (Å²) in [5.41, 5.74) is 0. The minimum Gasteiger partial charge on any atom is -0.393 e. The van der Waals surface area contributed by atoms with Crippen LogP contribution in [0.15, 0.2) is 0 Å². The van der Waals surface area contributed by atoms with E-state index in [4.69, 9.17) is 5.11 Å². The molecule has 1 amide bonds. The lowest BCUT2D eigenvalue weighted by atomic mass is 9.94. The van der Waals surface area contributed by atoms with Crippen LogP contribution in [0.2, 0.25) is 0 Å². The van der Waals surface area contributed by atoms with Gasteiger partial charge in [0.25, 0.3) is 0 Å². The fraction of sp³-hybridized carbons (Fsp3) is 0.917. The summed E-state index contributed by atoms with van der Waals surface area (Å²) in [5, 5.41) is 9.15. The molecule has 3 atom stereocenters. The van der Waals surface area contributed by atoms with Gasteiger partial charge in [0.15, 0.2) is 0 Å². The van der Waals surface area contributed by atoms with Crippen LogP contribution in [0.25, 0.3) is 0 Å². The molecular weight excluding hydrogens is 190 g/mol. The molecule has 0 aliphatic carbocycles. The molecule has 3 heteroatoms. The van der Waals surface area contributed by atoms with Crippen molar-refractivity contribution in [3.05, 3.63) is 0 Å². The number of hydrogen-bond donors (Lipinski definition) is 1. The highest BCUT2D eigenvalue weighted by Crippen LogP contribution is 2.22. The summed E-state index contributed by atoms with van der Waals surface area (Å²) in [7, 11) is 0. The first-order valence-corrected chi connectivity index (χ1v) is 5.98. The number of likely N-dealkylation sites (tertiary alicyclic amines) is 1. The van der Waals surface area contributed by atoms with Crippen LogP contribution in [0.3, 0.4) is 0 Å². The minimum atomic E-state index is -0.369. The summed E-state index contributed by atoms with van der Waals surface area (Å²) in [4.78, 5) is 13.9. The Hall–Kier alpha value is -0.570. The Morgan fingerprint density at radius 1 is 1.47 bits per heavy atom. The Bertz CT molecular complexity index is 216. The van der Waals surface area contributed by atoms with Gasteiger partial charge in [0.1, 0.15) is 0 Å². The monoisotopic (exact) mass is 213 g/mol. The molecule has 0 radical (unpaired) electrons. The first kappa shape index (κ1) is 12.5. The zero-order chi connectivity index (χ0) is 11.4. The molecule has 0 aromatic heterocycles. The number of aliphatic hydroxyl groups is 1. The lowest BCUT2D eigenvalue weighted by Crippen LogP contribution is -2.45. The summed E-state index contributed by atoms with van der Waals surface area (Å²) in [6.07, 6.45) is 3.03. The molecular formula is C12H23NO2. The smallest absolute Gasteiger partial charge is 0.222 e. The van der Waals surface area contributed by atoms with Crippen LogP contribution in [-0.2, 0) is 4.79 Å². The molecule has 15 heavy (non-hydrogen) atoms.